The van der Waals surface area contributed by atoms with Crippen molar-refractivity contribution in [2.75, 3.05) is 13.9 Å². The van der Waals surface area contributed by atoms with Crippen LogP contribution in [0.25, 0.3) is 33.1 Å². The van der Waals surface area contributed by atoms with E-state index in [1.807, 2.05) is 75.1 Å². The molecule has 1 amide bonds. The van der Waals surface area contributed by atoms with Gasteiger partial charge in [0.2, 0.25) is 0 Å². The highest BCUT2D eigenvalue weighted by atomic mass is 16.7. The van der Waals surface area contributed by atoms with E-state index in [1.54, 1.807) is 11.8 Å². The maximum Gasteiger partial charge on any atom is 0.408 e. The van der Waals surface area contributed by atoms with Gasteiger partial charge in [0.15, 0.2) is 6.79 Å². The van der Waals surface area contributed by atoms with E-state index in [2.05, 4.69) is 10.4 Å². The van der Waals surface area contributed by atoms with Crippen LogP contribution in [0.3, 0.4) is 0 Å². The molecule has 0 radical (unpaired) electrons. The van der Waals surface area contributed by atoms with Crippen LogP contribution in [-0.2, 0) is 22.1 Å². The predicted octanol–water partition coefficient (Wildman–Crippen LogP) is 4.87. The average Bonchev–Trinajstić information content (AvgIpc) is 3.56. The Morgan fingerprint density at radius 2 is 1.88 bits per heavy atom. The van der Waals surface area contributed by atoms with Crippen LogP contribution in [0, 0.1) is 0 Å². The number of hydrogen-bond donors (Lipinski definition) is 1. The standard InChI is InChI=1S/C30H35N5O5/c1-28(2,3)40-27(37)32-29-9-11-30(17-29,12-10-29)35-13-8-23-20(26(35)36)6-7-22(31-23)21-14-19-16-34(4)33-24(19)15-25(21)39-18-38-5/h6-8,13-16H,9-12,17-18H2,1-5H3,(H,32,37). The van der Waals surface area contributed by atoms with Crippen LogP contribution in [0.15, 0.2) is 47.5 Å². The van der Waals surface area contributed by atoms with Crippen molar-refractivity contribution in [3.8, 4) is 17.0 Å². The van der Waals surface area contributed by atoms with Gasteiger partial charge in [0, 0.05) is 54.6 Å². The van der Waals surface area contributed by atoms with E-state index in [9.17, 15) is 9.59 Å². The van der Waals surface area contributed by atoms with Crippen molar-refractivity contribution in [1.82, 2.24) is 24.6 Å². The normalized spacial score (nSPS) is 22.2. The van der Waals surface area contributed by atoms with Crippen LogP contribution in [0.2, 0.25) is 0 Å². The lowest BCUT2D eigenvalue weighted by Gasteiger charge is -2.30. The minimum Gasteiger partial charge on any atom is -0.467 e. The molecule has 10 heteroatoms. The lowest BCUT2D eigenvalue weighted by molar-refractivity contribution is 0.0457. The van der Waals surface area contributed by atoms with E-state index in [1.165, 1.54) is 0 Å². The third-order valence-electron chi connectivity index (χ3n) is 8.17. The van der Waals surface area contributed by atoms with Gasteiger partial charge < -0.3 is 24.1 Å². The van der Waals surface area contributed by atoms with Crippen LogP contribution < -0.4 is 15.6 Å². The maximum absolute atomic E-state index is 13.8. The predicted molar refractivity (Wildman–Crippen MR) is 151 cm³/mol. The Kier molecular flexibility index (Phi) is 6.14. The van der Waals surface area contributed by atoms with Gasteiger partial charge in [-0.2, -0.15) is 5.10 Å². The number of methoxy groups -OCH3 is 1. The summed E-state index contributed by atoms with van der Waals surface area (Å²) in [6, 6.07) is 9.49. The number of carbonyl (C=O) groups excluding carboxylic acids is 1. The number of carbonyl (C=O) groups is 1. The lowest BCUT2D eigenvalue weighted by Crippen LogP contribution is -2.47. The van der Waals surface area contributed by atoms with E-state index >= 15 is 0 Å². The number of alkyl carbamates (subject to hydrolysis) is 1. The highest BCUT2D eigenvalue weighted by molar-refractivity contribution is 5.89. The number of fused-ring (bicyclic) bond motifs is 4. The van der Waals surface area contributed by atoms with Gasteiger partial charge in [-0.3, -0.25) is 9.48 Å². The number of aromatic nitrogens is 4. The molecule has 0 unspecified atom stereocenters. The molecular weight excluding hydrogens is 510 g/mol. The van der Waals surface area contributed by atoms with Gasteiger partial charge in [-0.05, 0) is 77.1 Å². The Balaban J connectivity index is 1.32. The van der Waals surface area contributed by atoms with Gasteiger partial charge in [0.05, 0.1) is 22.1 Å². The number of hydrogen-bond acceptors (Lipinski definition) is 7. The molecular formula is C30H35N5O5. The first-order valence-electron chi connectivity index (χ1n) is 13.6. The largest absolute Gasteiger partial charge is 0.467 e. The van der Waals surface area contributed by atoms with Gasteiger partial charge in [0.25, 0.3) is 5.56 Å². The fraction of sp³-hybridized carbons (Fsp3) is 0.467. The molecule has 0 aliphatic heterocycles. The van der Waals surface area contributed by atoms with Gasteiger partial charge >= 0.3 is 6.09 Å². The molecule has 6 rings (SSSR count). The summed E-state index contributed by atoms with van der Waals surface area (Å²) in [5.41, 5.74) is 1.63. The van der Waals surface area contributed by atoms with Gasteiger partial charge in [-0.1, -0.05) is 0 Å². The molecule has 40 heavy (non-hydrogen) atoms. The molecule has 210 valence electrons. The van der Waals surface area contributed by atoms with Crippen molar-refractivity contribution in [1.29, 1.82) is 0 Å². The molecule has 2 fully saturated rings. The summed E-state index contributed by atoms with van der Waals surface area (Å²) in [5.74, 6) is 0.609. The molecule has 3 aromatic heterocycles. The number of nitrogens with one attached hydrogen (secondary N) is 1. The minimum absolute atomic E-state index is 0.0647. The molecule has 2 bridgehead atoms. The summed E-state index contributed by atoms with van der Waals surface area (Å²) in [7, 11) is 3.45. The lowest BCUT2D eigenvalue weighted by atomic mass is 9.91. The molecule has 1 aromatic carbocycles. The average molecular weight is 546 g/mol. The van der Waals surface area contributed by atoms with Crippen molar-refractivity contribution in [2.24, 2.45) is 7.05 Å². The van der Waals surface area contributed by atoms with Gasteiger partial charge in [0.1, 0.15) is 11.4 Å². The van der Waals surface area contributed by atoms with Crippen LogP contribution in [0.5, 0.6) is 5.75 Å². The van der Waals surface area contributed by atoms with Crippen LogP contribution in [-0.4, -0.2) is 50.5 Å². The molecule has 2 saturated carbocycles. The second kappa shape index (κ2) is 9.33. The second-order valence-corrected chi connectivity index (χ2v) is 12.2. The number of ether oxygens (including phenoxy) is 3. The number of aryl methyl sites for hydroxylation is 1. The van der Waals surface area contributed by atoms with E-state index < -0.39 is 11.7 Å². The van der Waals surface area contributed by atoms with Crippen molar-refractivity contribution in [2.45, 2.75) is 69.6 Å². The molecule has 10 nitrogen and oxygen atoms in total. The topological polar surface area (TPSA) is 110 Å². The molecule has 2 aliphatic rings. The Labute approximate surface area is 232 Å². The smallest absolute Gasteiger partial charge is 0.408 e. The zero-order valence-corrected chi connectivity index (χ0v) is 23.6. The monoisotopic (exact) mass is 545 g/mol. The maximum atomic E-state index is 13.8. The first-order valence-corrected chi connectivity index (χ1v) is 13.6. The summed E-state index contributed by atoms with van der Waals surface area (Å²) in [4.78, 5) is 31.2. The summed E-state index contributed by atoms with van der Waals surface area (Å²) in [5, 5.41) is 9.14. The molecule has 0 atom stereocenters. The molecule has 3 heterocycles. The number of nitrogens with zero attached hydrogens (tertiary/aromatic N) is 4. The molecule has 0 saturated heterocycles. The van der Waals surface area contributed by atoms with Crippen LogP contribution in [0.4, 0.5) is 4.79 Å². The third kappa shape index (κ3) is 4.60. The van der Waals surface area contributed by atoms with E-state index in [0.29, 0.717) is 28.8 Å². The Morgan fingerprint density at radius 1 is 1.10 bits per heavy atom. The molecule has 2 aliphatic carbocycles. The second-order valence-electron chi connectivity index (χ2n) is 12.2. The summed E-state index contributed by atoms with van der Waals surface area (Å²) in [6.07, 6.45) is 7.40. The van der Waals surface area contributed by atoms with Crippen molar-refractivity contribution in [3.05, 3.63) is 53.1 Å². The number of pyridine rings is 2. The van der Waals surface area contributed by atoms with Crippen LogP contribution in [0.1, 0.15) is 52.9 Å². The molecule has 4 aromatic rings. The SMILES string of the molecule is COCOc1cc2nn(C)cc2cc1-c1ccc2c(=O)n(C34CCC(NC(=O)OC(C)(C)C)(CC3)C4)ccc2n1. The number of rotatable bonds is 6. The highest BCUT2D eigenvalue weighted by Gasteiger charge is 2.56. The Bertz CT molecular complexity index is 1670. The van der Waals surface area contributed by atoms with Gasteiger partial charge in [-0.15, -0.1) is 0 Å². The van der Waals surface area contributed by atoms with Crippen LogP contribution >= 0.6 is 0 Å². The zero-order chi connectivity index (χ0) is 28.3. The minimum atomic E-state index is -0.559. The summed E-state index contributed by atoms with van der Waals surface area (Å²) >= 11 is 0. The number of amides is 1. The fourth-order valence-electron chi connectivity index (χ4n) is 6.46. The van der Waals surface area contributed by atoms with E-state index in [4.69, 9.17) is 19.2 Å². The Morgan fingerprint density at radius 3 is 2.60 bits per heavy atom. The quantitative estimate of drug-likeness (QED) is 0.344. The van der Waals surface area contributed by atoms with Crippen molar-refractivity contribution in [3.63, 3.8) is 0 Å². The van der Waals surface area contributed by atoms with Gasteiger partial charge in [-0.25, -0.2) is 9.78 Å². The van der Waals surface area contributed by atoms with E-state index in [0.717, 1.165) is 42.1 Å². The highest BCUT2D eigenvalue weighted by Crippen LogP contribution is 2.54. The Hall–Kier alpha value is -3.92. The molecule has 0 spiro atoms. The molecule has 1 N–H and O–H groups in total. The number of benzene rings is 1. The first-order chi connectivity index (χ1) is 19.0. The van der Waals surface area contributed by atoms with Crippen molar-refractivity contribution < 1.29 is 19.0 Å². The first kappa shape index (κ1) is 26.3. The van der Waals surface area contributed by atoms with E-state index in [-0.39, 0.29) is 23.4 Å². The summed E-state index contributed by atoms with van der Waals surface area (Å²) in [6.45, 7) is 5.67. The fourth-order valence-corrected chi connectivity index (χ4v) is 6.46. The third-order valence-corrected chi connectivity index (χ3v) is 8.17. The summed E-state index contributed by atoms with van der Waals surface area (Å²) < 4.78 is 20.1. The zero-order valence-electron chi connectivity index (χ0n) is 23.6. The van der Waals surface area contributed by atoms with Crippen molar-refractivity contribution >= 4 is 27.9 Å².